The first-order valence-electron chi connectivity index (χ1n) is 8.07. The van der Waals surface area contributed by atoms with Crippen LogP contribution in [0, 0.1) is 18.3 Å². The highest BCUT2D eigenvalue weighted by molar-refractivity contribution is 7.89. The molecular weight excluding hydrogens is 338 g/mol. The molecule has 130 valence electrons. The molecule has 2 aromatic rings. The van der Waals surface area contributed by atoms with Crippen LogP contribution in [0.25, 0.3) is 0 Å². The van der Waals surface area contributed by atoms with Gasteiger partial charge in [-0.25, -0.2) is 23.1 Å². The molecule has 0 atom stereocenters. The molecule has 0 radical (unpaired) electrons. The highest BCUT2D eigenvalue weighted by Crippen LogP contribution is 2.17. The van der Waals surface area contributed by atoms with Crippen LogP contribution in [-0.2, 0) is 16.6 Å². The predicted molar refractivity (Wildman–Crippen MR) is 93.4 cm³/mol. The first kappa shape index (κ1) is 17.3. The lowest BCUT2D eigenvalue weighted by molar-refractivity contribution is 0.580. The molecule has 0 bridgehead atoms. The minimum atomic E-state index is -3.66. The minimum absolute atomic E-state index is 0.0898. The average Bonchev–Trinajstić information content (AvgIpc) is 3.14. The summed E-state index contributed by atoms with van der Waals surface area (Å²) in [6, 6.07) is 9.54. The van der Waals surface area contributed by atoms with E-state index in [-0.39, 0.29) is 11.4 Å². The van der Waals surface area contributed by atoms with Crippen LogP contribution < -0.4 is 9.62 Å². The number of nitriles is 1. The number of aromatic nitrogens is 2. The van der Waals surface area contributed by atoms with Gasteiger partial charge in [0.25, 0.3) is 0 Å². The van der Waals surface area contributed by atoms with E-state index in [4.69, 9.17) is 5.26 Å². The van der Waals surface area contributed by atoms with E-state index in [0.717, 1.165) is 31.6 Å². The zero-order valence-corrected chi connectivity index (χ0v) is 14.8. The molecule has 0 unspecified atom stereocenters. The lowest BCUT2D eigenvalue weighted by Gasteiger charge is -2.16. The van der Waals surface area contributed by atoms with Gasteiger partial charge in [-0.2, -0.15) is 5.26 Å². The molecule has 1 aliphatic rings. The van der Waals surface area contributed by atoms with Crippen molar-refractivity contribution in [2.75, 3.05) is 18.0 Å². The number of anilines is 1. The van der Waals surface area contributed by atoms with Crippen LogP contribution in [0.2, 0.25) is 0 Å². The normalized spacial score (nSPS) is 14.5. The Hall–Kier alpha value is -2.50. The molecule has 8 heteroatoms. The zero-order chi connectivity index (χ0) is 17.9. The fraction of sp³-hybridized carbons (Fsp3) is 0.353. The maximum absolute atomic E-state index is 12.4. The van der Waals surface area contributed by atoms with Gasteiger partial charge in [0, 0.05) is 18.8 Å². The predicted octanol–water partition coefficient (Wildman–Crippen LogP) is 1.74. The molecule has 3 rings (SSSR count). The highest BCUT2D eigenvalue weighted by atomic mass is 32.2. The van der Waals surface area contributed by atoms with Gasteiger partial charge in [-0.3, -0.25) is 0 Å². The molecule has 1 N–H and O–H groups in total. The van der Waals surface area contributed by atoms with Crippen molar-refractivity contribution in [3.63, 3.8) is 0 Å². The van der Waals surface area contributed by atoms with Crippen molar-refractivity contribution in [2.24, 2.45) is 0 Å². The van der Waals surface area contributed by atoms with Crippen molar-refractivity contribution in [3.05, 3.63) is 47.3 Å². The summed E-state index contributed by atoms with van der Waals surface area (Å²) in [5, 5.41) is 8.79. The summed E-state index contributed by atoms with van der Waals surface area (Å²) in [5.41, 5.74) is 1.86. The minimum Gasteiger partial charge on any atom is -0.341 e. The second-order valence-corrected chi connectivity index (χ2v) is 7.72. The van der Waals surface area contributed by atoms with Crippen LogP contribution in [0.3, 0.4) is 0 Å². The monoisotopic (exact) mass is 357 g/mol. The average molecular weight is 357 g/mol. The van der Waals surface area contributed by atoms with Crippen LogP contribution in [0.5, 0.6) is 0 Å². The Labute approximate surface area is 147 Å². The Bertz CT molecular complexity index is 898. The van der Waals surface area contributed by atoms with E-state index in [9.17, 15) is 8.42 Å². The van der Waals surface area contributed by atoms with Crippen molar-refractivity contribution in [1.82, 2.24) is 14.7 Å². The third kappa shape index (κ3) is 4.13. The molecule has 0 amide bonds. The van der Waals surface area contributed by atoms with Gasteiger partial charge in [0.05, 0.1) is 28.8 Å². The highest BCUT2D eigenvalue weighted by Gasteiger charge is 2.18. The third-order valence-electron chi connectivity index (χ3n) is 4.02. The summed E-state index contributed by atoms with van der Waals surface area (Å²) in [4.78, 5) is 11.2. The standard InChI is InChI=1S/C17H19N5O2S/c1-13-10-15(21-17(20-13)22-8-2-3-9-22)12-19-25(23,24)16-6-4-14(11-18)5-7-16/h4-7,10,19H,2-3,8-9,12H2,1H3. The van der Waals surface area contributed by atoms with Crippen LogP contribution in [0.4, 0.5) is 5.95 Å². The van der Waals surface area contributed by atoms with Crippen LogP contribution in [0.15, 0.2) is 35.2 Å². The Morgan fingerprint density at radius 3 is 2.52 bits per heavy atom. The fourth-order valence-electron chi connectivity index (χ4n) is 2.73. The molecule has 1 aromatic heterocycles. The van der Waals surface area contributed by atoms with E-state index in [1.54, 1.807) is 6.07 Å². The number of aryl methyl sites for hydroxylation is 1. The maximum atomic E-state index is 12.4. The number of sulfonamides is 1. The van der Waals surface area contributed by atoms with Gasteiger partial charge in [0.1, 0.15) is 0 Å². The summed E-state index contributed by atoms with van der Waals surface area (Å²) < 4.78 is 27.3. The molecule has 7 nitrogen and oxygen atoms in total. The van der Waals surface area contributed by atoms with Gasteiger partial charge in [-0.1, -0.05) is 0 Å². The molecule has 1 aromatic carbocycles. The molecule has 0 saturated carbocycles. The van der Waals surface area contributed by atoms with Gasteiger partial charge in [0.15, 0.2) is 0 Å². The number of nitrogens with one attached hydrogen (secondary N) is 1. The number of nitrogens with zero attached hydrogens (tertiary/aromatic N) is 4. The Kier molecular flexibility index (Phi) is 4.97. The Morgan fingerprint density at radius 2 is 1.88 bits per heavy atom. The molecular formula is C17H19N5O2S. The quantitative estimate of drug-likeness (QED) is 0.875. The SMILES string of the molecule is Cc1cc(CNS(=O)(=O)c2ccc(C#N)cc2)nc(N2CCCC2)n1. The first-order valence-corrected chi connectivity index (χ1v) is 9.55. The molecule has 1 saturated heterocycles. The maximum Gasteiger partial charge on any atom is 0.240 e. The van der Waals surface area contributed by atoms with Crippen LogP contribution >= 0.6 is 0 Å². The van der Waals surface area contributed by atoms with Gasteiger partial charge >= 0.3 is 0 Å². The Morgan fingerprint density at radius 1 is 1.20 bits per heavy atom. The molecule has 0 aliphatic carbocycles. The molecule has 0 spiro atoms. The molecule has 1 fully saturated rings. The summed E-state index contributed by atoms with van der Waals surface area (Å²) >= 11 is 0. The van der Waals surface area contributed by atoms with Crippen LogP contribution in [-0.4, -0.2) is 31.5 Å². The molecule has 2 heterocycles. The van der Waals surface area contributed by atoms with Gasteiger partial charge in [-0.15, -0.1) is 0 Å². The summed E-state index contributed by atoms with van der Waals surface area (Å²) in [5.74, 6) is 0.657. The molecule has 1 aliphatic heterocycles. The van der Waals surface area contributed by atoms with Gasteiger partial charge < -0.3 is 4.90 Å². The van der Waals surface area contributed by atoms with E-state index in [0.29, 0.717) is 17.2 Å². The summed E-state index contributed by atoms with van der Waals surface area (Å²) in [6.07, 6.45) is 2.25. The van der Waals surface area contributed by atoms with Crippen molar-refractivity contribution < 1.29 is 8.42 Å². The number of rotatable bonds is 5. The van der Waals surface area contributed by atoms with Crippen molar-refractivity contribution in [3.8, 4) is 6.07 Å². The van der Waals surface area contributed by atoms with E-state index in [2.05, 4.69) is 19.6 Å². The smallest absolute Gasteiger partial charge is 0.240 e. The van der Waals surface area contributed by atoms with Crippen molar-refractivity contribution in [1.29, 1.82) is 5.26 Å². The van der Waals surface area contributed by atoms with E-state index >= 15 is 0 Å². The summed E-state index contributed by atoms with van der Waals surface area (Å²) in [7, 11) is -3.66. The Balaban J connectivity index is 1.74. The molecule has 25 heavy (non-hydrogen) atoms. The number of benzene rings is 1. The van der Waals surface area contributed by atoms with E-state index in [1.807, 2.05) is 13.0 Å². The fourth-order valence-corrected chi connectivity index (χ4v) is 3.73. The number of hydrogen-bond donors (Lipinski definition) is 1. The first-order chi connectivity index (χ1) is 12.0. The van der Waals surface area contributed by atoms with E-state index in [1.165, 1.54) is 24.3 Å². The third-order valence-corrected chi connectivity index (χ3v) is 5.44. The lowest BCUT2D eigenvalue weighted by Crippen LogP contribution is -2.25. The van der Waals surface area contributed by atoms with Gasteiger partial charge in [-0.05, 0) is 50.1 Å². The zero-order valence-electron chi connectivity index (χ0n) is 13.9. The second kappa shape index (κ2) is 7.17. The van der Waals surface area contributed by atoms with Crippen molar-refractivity contribution in [2.45, 2.75) is 31.2 Å². The second-order valence-electron chi connectivity index (χ2n) is 5.96. The van der Waals surface area contributed by atoms with Crippen LogP contribution in [0.1, 0.15) is 29.8 Å². The summed E-state index contributed by atoms with van der Waals surface area (Å²) in [6.45, 7) is 3.83. The topological polar surface area (TPSA) is 99.0 Å². The lowest BCUT2D eigenvalue weighted by atomic mass is 10.2. The number of hydrogen-bond acceptors (Lipinski definition) is 6. The van der Waals surface area contributed by atoms with E-state index < -0.39 is 10.0 Å². The van der Waals surface area contributed by atoms with Crippen molar-refractivity contribution >= 4 is 16.0 Å². The van der Waals surface area contributed by atoms with Gasteiger partial charge in [0.2, 0.25) is 16.0 Å². The largest absolute Gasteiger partial charge is 0.341 e.